The van der Waals surface area contributed by atoms with E-state index in [4.69, 9.17) is 9.40 Å². The minimum absolute atomic E-state index is 0.172. The SMILES string of the molecule is CCN(CC)C(=O)CCSc1nc(-c2ccccc2)c(-c2ccccc2)o1. The van der Waals surface area contributed by atoms with Gasteiger partial charge in [-0.05, 0) is 13.8 Å². The minimum atomic E-state index is 0.172. The number of rotatable bonds is 8. The Morgan fingerprint density at radius 3 is 2.15 bits per heavy atom. The first kappa shape index (κ1) is 19.2. The minimum Gasteiger partial charge on any atom is -0.431 e. The maximum absolute atomic E-state index is 12.2. The number of oxazole rings is 1. The summed E-state index contributed by atoms with van der Waals surface area (Å²) in [6, 6.07) is 20.0. The van der Waals surface area contributed by atoms with E-state index in [0.717, 1.165) is 35.7 Å². The van der Waals surface area contributed by atoms with E-state index in [2.05, 4.69) is 0 Å². The number of aromatic nitrogens is 1. The average Bonchev–Trinajstić information content (AvgIpc) is 3.14. The number of hydrogen-bond donors (Lipinski definition) is 0. The Labute approximate surface area is 164 Å². The average molecular weight is 381 g/mol. The van der Waals surface area contributed by atoms with Crippen LogP contribution >= 0.6 is 11.8 Å². The number of carbonyl (C=O) groups excluding carboxylic acids is 1. The van der Waals surface area contributed by atoms with Gasteiger partial charge in [-0.15, -0.1) is 0 Å². The summed E-state index contributed by atoms with van der Waals surface area (Å²) in [6.45, 7) is 5.49. The largest absolute Gasteiger partial charge is 0.431 e. The summed E-state index contributed by atoms with van der Waals surface area (Å²) >= 11 is 1.49. The van der Waals surface area contributed by atoms with E-state index in [9.17, 15) is 4.79 Å². The second-order valence-electron chi connectivity index (χ2n) is 6.05. The highest BCUT2D eigenvalue weighted by Crippen LogP contribution is 2.35. The van der Waals surface area contributed by atoms with Crippen LogP contribution in [-0.4, -0.2) is 34.6 Å². The first-order chi connectivity index (χ1) is 13.2. The van der Waals surface area contributed by atoms with Gasteiger partial charge in [0.15, 0.2) is 5.76 Å². The molecule has 0 aliphatic rings. The molecular weight excluding hydrogens is 356 g/mol. The third-order valence-electron chi connectivity index (χ3n) is 4.35. The smallest absolute Gasteiger partial charge is 0.256 e. The Morgan fingerprint density at radius 1 is 0.963 bits per heavy atom. The van der Waals surface area contributed by atoms with Gasteiger partial charge in [0.05, 0.1) is 0 Å². The first-order valence-corrected chi connectivity index (χ1v) is 10.2. The summed E-state index contributed by atoms with van der Waals surface area (Å²) in [5, 5.41) is 0.597. The zero-order valence-electron chi connectivity index (χ0n) is 15.7. The van der Waals surface area contributed by atoms with Crippen molar-refractivity contribution < 1.29 is 9.21 Å². The summed E-state index contributed by atoms with van der Waals surface area (Å²) < 4.78 is 6.08. The summed E-state index contributed by atoms with van der Waals surface area (Å²) in [5.41, 5.74) is 2.85. The van der Waals surface area contributed by atoms with Crippen LogP contribution in [0.2, 0.25) is 0 Å². The monoisotopic (exact) mass is 380 g/mol. The molecule has 1 aromatic heterocycles. The van der Waals surface area contributed by atoms with E-state index >= 15 is 0 Å². The normalized spacial score (nSPS) is 10.7. The molecule has 3 aromatic rings. The lowest BCUT2D eigenvalue weighted by molar-refractivity contribution is -0.130. The Morgan fingerprint density at radius 2 is 1.56 bits per heavy atom. The molecule has 5 heteroatoms. The second kappa shape index (κ2) is 9.42. The summed E-state index contributed by atoms with van der Waals surface area (Å²) in [7, 11) is 0. The van der Waals surface area contributed by atoms with Crippen molar-refractivity contribution in [3.8, 4) is 22.6 Å². The van der Waals surface area contributed by atoms with Gasteiger partial charge in [-0.25, -0.2) is 4.98 Å². The van der Waals surface area contributed by atoms with E-state index in [1.807, 2.05) is 79.4 Å². The Hall–Kier alpha value is -2.53. The lowest BCUT2D eigenvalue weighted by Crippen LogP contribution is -2.30. The quantitative estimate of drug-likeness (QED) is 0.494. The van der Waals surface area contributed by atoms with Gasteiger partial charge in [0.2, 0.25) is 5.91 Å². The fourth-order valence-electron chi connectivity index (χ4n) is 2.90. The van der Waals surface area contributed by atoms with Gasteiger partial charge in [0.25, 0.3) is 5.22 Å². The van der Waals surface area contributed by atoms with Crippen molar-refractivity contribution >= 4 is 17.7 Å². The molecule has 140 valence electrons. The lowest BCUT2D eigenvalue weighted by atomic mass is 10.1. The summed E-state index contributed by atoms with van der Waals surface area (Å²) in [6.07, 6.45) is 0.482. The van der Waals surface area contributed by atoms with Crippen LogP contribution < -0.4 is 0 Å². The maximum Gasteiger partial charge on any atom is 0.256 e. The molecule has 0 unspecified atom stereocenters. The molecule has 0 aliphatic carbocycles. The zero-order valence-corrected chi connectivity index (χ0v) is 16.5. The third-order valence-corrected chi connectivity index (χ3v) is 5.18. The van der Waals surface area contributed by atoms with Gasteiger partial charge in [-0.3, -0.25) is 4.79 Å². The van der Waals surface area contributed by atoms with Crippen LogP contribution in [0.4, 0.5) is 0 Å². The number of amides is 1. The van der Waals surface area contributed by atoms with E-state index in [-0.39, 0.29) is 5.91 Å². The number of hydrogen-bond acceptors (Lipinski definition) is 4. The van der Waals surface area contributed by atoms with Crippen LogP contribution in [-0.2, 0) is 4.79 Å². The zero-order chi connectivity index (χ0) is 19.1. The molecule has 0 atom stereocenters. The highest BCUT2D eigenvalue weighted by Gasteiger charge is 2.17. The molecule has 1 amide bonds. The van der Waals surface area contributed by atoms with Crippen molar-refractivity contribution in [2.24, 2.45) is 0 Å². The Balaban J connectivity index is 1.79. The molecule has 0 bridgehead atoms. The molecule has 0 radical (unpaired) electrons. The number of benzene rings is 2. The molecule has 0 aliphatic heterocycles. The van der Waals surface area contributed by atoms with Crippen LogP contribution in [0.5, 0.6) is 0 Å². The molecule has 0 saturated carbocycles. The molecule has 1 heterocycles. The van der Waals surface area contributed by atoms with Gasteiger partial charge >= 0.3 is 0 Å². The van der Waals surface area contributed by atoms with Crippen molar-refractivity contribution in [2.75, 3.05) is 18.8 Å². The van der Waals surface area contributed by atoms with Crippen molar-refractivity contribution in [1.82, 2.24) is 9.88 Å². The second-order valence-corrected chi connectivity index (χ2v) is 7.10. The van der Waals surface area contributed by atoms with Gasteiger partial charge in [-0.2, -0.15) is 0 Å². The molecule has 0 spiro atoms. The predicted octanol–water partition coefficient (Wildman–Crippen LogP) is 5.36. The molecule has 2 aromatic carbocycles. The number of thioether (sulfide) groups is 1. The highest BCUT2D eigenvalue weighted by molar-refractivity contribution is 7.99. The van der Waals surface area contributed by atoms with E-state index < -0.39 is 0 Å². The van der Waals surface area contributed by atoms with Crippen LogP contribution in [0.1, 0.15) is 20.3 Å². The lowest BCUT2D eigenvalue weighted by Gasteiger charge is -2.17. The highest BCUT2D eigenvalue weighted by atomic mass is 32.2. The fraction of sp³-hybridized carbons (Fsp3) is 0.273. The molecule has 4 nitrogen and oxygen atoms in total. The van der Waals surface area contributed by atoms with Crippen molar-refractivity contribution in [3.05, 3.63) is 60.7 Å². The fourth-order valence-corrected chi connectivity index (χ4v) is 3.65. The van der Waals surface area contributed by atoms with Crippen LogP contribution in [0.15, 0.2) is 70.3 Å². The van der Waals surface area contributed by atoms with E-state index in [1.165, 1.54) is 11.8 Å². The van der Waals surface area contributed by atoms with E-state index in [0.29, 0.717) is 17.4 Å². The number of carbonyl (C=O) groups is 1. The molecule has 27 heavy (non-hydrogen) atoms. The van der Waals surface area contributed by atoms with E-state index in [1.54, 1.807) is 0 Å². The first-order valence-electron chi connectivity index (χ1n) is 9.25. The van der Waals surface area contributed by atoms with Gasteiger partial charge in [0, 0.05) is 36.4 Å². The van der Waals surface area contributed by atoms with Gasteiger partial charge < -0.3 is 9.32 Å². The topological polar surface area (TPSA) is 46.3 Å². The molecular formula is C22H24N2O2S. The number of nitrogens with zero attached hydrogens (tertiary/aromatic N) is 2. The molecule has 0 N–H and O–H groups in total. The molecule has 0 saturated heterocycles. The van der Waals surface area contributed by atoms with Crippen LogP contribution in [0.3, 0.4) is 0 Å². The molecule has 0 fully saturated rings. The van der Waals surface area contributed by atoms with Gasteiger partial charge in [0.1, 0.15) is 5.69 Å². The van der Waals surface area contributed by atoms with Crippen molar-refractivity contribution in [1.29, 1.82) is 0 Å². The van der Waals surface area contributed by atoms with Crippen LogP contribution in [0.25, 0.3) is 22.6 Å². The van der Waals surface area contributed by atoms with Crippen molar-refractivity contribution in [2.45, 2.75) is 25.5 Å². The third kappa shape index (κ3) is 4.80. The predicted molar refractivity (Wildman–Crippen MR) is 111 cm³/mol. The summed E-state index contributed by atoms with van der Waals surface area (Å²) in [5.74, 6) is 1.59. The standard InChI is InChI=1S/C22H24N2O2S/c1-3-24(4-2)19(25)15-16-27-22-23-20(17-11-7-5-8-12-17)21(26-22)18-13-9-6-10-14-18/h5-14H,3-4,15-16H2,1-2H3. The Kier molecular flexibility index (Phi) is 6.71. The summed E-state index contributed by atoms with van der Waals surface area (Å²) in [4.78, 5) is 18.7. The Bertz CT molecular complexity index is 802. The van der Waals surface area contributed by atoms with Crippen LogP contribution in [0, 0.1) is 0 Å². The molecule has 3 rings (SSSR count). The van der Waals surface area contributed by atoms with Crippen molar-refractivity contribution in [3.63, 3.8) is 0 Å². The maximum atomic E-state index is 12.2. The van der Waals surface area contributed by atoms with Gasteiger partial charge in [-0.1, -0.05) is 72.4 Å².